The van der Waals surface area contributed by atoms with Gasteiger partial charge in [0.05, 0.1) is 25.3 Å². The molecule has 2 unspecified atom stereocenters. The largest absolute Gasteiger partial charge is 0.381 e. The maximum Gasteiger partial charge on any atom is 0.126 e. The van der Waals surface area contributed by atoms with Gasteiger partial charge in [-0.2, -0.15) is 0 Å². The molecule has 5 nitrogen and oxygen atoms in total. The van der Waals surface area contributed by atoms with Crippen LogP contribution in [-0.2, 0) is 9.47 Å². The fourth-order valence-electron chi connectivity index (χ4n) is 4.01. The average Bonchev–Trinajstić information content (AvgIpc) is 3.17. The highest BCUT2D eigenvalue weighted by Gasteiger charge is 2.31. The number of rotatable bonds is 5. The predicted octanol–water partition coefficient (Wildman–Crippen LogP) is 2.69. The summed E-state index contributed by atoms with van der Waals surface area (Å²) in [7, 11) is 0. The topological polar surface area (TPSA) is 46.6 Å². The van der Waals surface area contributed by atoms with Gasteiger partial charge in [-0.05, 0) is 31.0 Å². The zero-order chi connectivity index (χ0) is 17.1. The van der Waals surface area contributed by atoms with Crippen LogP contribution in [0.3, 0.4) is 0 Å². The summed E-state index contributed by atoms with van der Waals surface area (Å²) in [6, 6.07) is 11.0. The lowest BCUT2D eigenvalue weighted by molar-refractivity contribution is 0.00460. The van der Waals surface area contributed by atoms with Crippen molar-refractivity contribution in [1.29, 1.82) is 0 Å². The zero-order valence-electron chi connectivity index (χ0n) is 14.9. The number of ether oxygens (including phenoxy) is 2. The van der Waals surface area contributed by atoms with E-state index >= 15 is 0 Å². The Morgan fingerprint density at radius 2 is 2.04 bits per heavy atom. The monoisotopic (exact) mass is 341 g/mol. The normalized spacial score (nSPS) is 23.0. The molecular weight excluding hydrogens is 314 g/mol. The van der Waals surface area contributed by atoms with E-state index in [0.29, 0.717) is 12.0 Å². The predicted molar refractivity (Wildman–Crippen MR) is 100 cm³/mol. The molecule has 25 heavy (non-hydrogen) atoms. The maximum absolute atomic E-state index is 5.66. The number of morpholine rings is 1. The van der Waals surface area contributed by atoms with Crippen LogP contribution >= 0.6 is 0 Å². The SMILES string of the molecule is Cc1cc(NCC(C2CCOC2)N2CCOCC2)nc2ccccc12. The standard InChI is InChI=1S/C20H27N3O2/c1-15-12-20(22-18-5-3-2-4-17(15)18)21-13-19(16-6-9-25-14-16)23-7-10-24-11-8-23/h2-5,12,16,19H,6-11,13-14H2,1H3,(H,21,22). The Morgan fingerprint density at radius 3 is 2.84 bits per heavy atom. The number of para-hydroxylation sites is 1. The van der Waals surface area contributed by atoms with Crippen LogP contribution in [0.5, 0.6) is 0 Å². The van der Waals surface area contributed by atoms with Crippen molar-refractivity contribution in [2.24, 2.45) is 5.92 Å². The number of nitrogens with zero attached hydrogens (tertiary/aromatic N) is 2. The summed E-state index contributed by atoms with van der Waals surface area (Å²) < 4.78 is 11.2. The molecule has 4 rings (SSSR count). The van der Waals surface area contributed by atoms with Crippen molar-refractivity contribution < 1.29 is 9.47 Å². The molecule has 1 aromatic heterocycles. The van der Waals surface area contributed by atoms with E-state index in [-0.39, 0.29) is 0 Å². The van der Waals surface area contributed by atoms with E-state index in [1.165, 1.54) is 10.9 Å². The number of pyridine rings is 1. The van der Waals surface area contributed by atoms with Crippen LogP contribution in [0.25, 0.3) is 10.9 Å². The second kappa shape index (κ2) is 7.68. The van der Waals surface area contributed by atoms with Gasteiger partial charge in [0.2, 0.25) is 0 Å². The van der Waals surface area contributed by atoms with Crippen molar-refractivity contribution in [1.82, 2.24) is 9.88 Å². The minimum atomic E-state index is 0.472. The summed E-state index contributed by atoms with van der Waals surface area (Å²) in [5, 5.41) is 4.83. The number of nitrogens with one attached hydrogen (secondary N) is 1. The fourth-order valence-corrected chi connectivity index (χ4v) is 4.01. The van der Waals surface area contributed by atoms with E-state index in [4.69, 9.17) is 14.5 Å². The highest BCUT2D eigenvalue weighted by Crippen LogP contribution is 2.24. The second-order valence-corrected chi connectivity index (χ2v) is 7.06. The number of fused-ring (bicyclic) bond motifs is 1. The fraction of sp³-hybridized carbons (Fsp3) is 0.550. The first-order valence-corrected chi connectivity index (χ1v) is 9.31. The van der Waals surface area contributed by atoms with Crippen LogP contribution in [0.2, 0.25) is 0 Å². The number of anilines is 1. The quantitative estimate of drug-likeness (QED) is 0.906. The van der Waals surface area contributed by atoms with Crippen LogP contribution in [-0.4, -0.2) is 62.0 Å². The highest BCUT2D eigenvalue weighted by molar-refractivity contribution is 5.83. The van der Waals surface area contributed by atoms with E-state index in [9.17, 15) is 0 Å². The third kappa shape index (κ3) is 3.78. The molecule has 134 valence electrons. The van der Waals surface area contributed by atoms with Crippen molar-refractivity contribution in [3.63, 3.8) is 0 Å². The van der Waals surface area contributed by atoms with Gasteiger partial charge in [0.15, 0.2) is 0 Å². The number of aryl methyl sites for hydroxylation is 1. The van der Waals surface area contributed by atoms with E-state index < -0.39 is 0 Å². The second-order valence-electron chi connectivity index (χ2n) is 7.06. The summed E-state index contributed by atoms with van der Waals surface area (Å²) >= 11 is 0. The lowest BCUT2D eigenvalue weighted by Crippen LogP contribution is -2.50. The average molecular weight is 341 g/mol. The smallest absolute Gasteiger partial charge is 0.126 e. The molecule has 2 aliphatic heterocycles. The first-order valence-electron chi connectivity index (χ1n) is 9.31. The Morgan fingerprint density at radius 1 is 1.20 bits per heavy atom. The number of aromatic nitrogens is 1. The van der Waals surface area contributed by atoms with Crippen molar-refractivity contribution in [3.8, 4) is 0 Å². The molecular formula is C20H27N3O2. The molecule has 2 aliphatic rings. The Balaban J connectivity index is 1.50. The van der Waals surface area contributed by atoms with Crippen molar-refractivity contribution in [2.75, 3.05) is 51.4 Å². The van der Waals surface area contributed by atoms with Crippen LogP contribution in [0, 0.1) is 12.8 Å². The van der Waals surface area contributed by atoms with Gasteiger partial charge in [-0.25, -0.2) is 4.98 Å². The molecule has 0 saturated carbocycles. The van der Waals surface area contributed by atoms with Gasteiger partial charge >= 0.3 is 0 Å². The van der Waals surface area contributed by atoms with Gasteiger partial charge in [-0.1, -0.05) is 18.2 Å². The lowest BCUT2D eigenvalue weighted by atomic mass is 9.97. The van der Waals surface area contributed by atoms with Gasteiger partial charge in [-0.3, -0.25) is 4.90 Å². The summed E-state index contributed by atoms with van der Waals surface area (Å²) in [5.41, 5.74) is 2.32. The Labute approximate surface area is 149 Å². The minimum absolute atomic E-state index is 0.472. The molecule has 0 spiro atoms. The molecule has 2 saturated heterocycles. The van der Waals surface area contributed by atoms with E-state index in [2.05, 4.69) is 41.4 Å². The maximum atomic E-state index is 5.66. The van der Waals surface area contributed by atoms with Crippen molar-refractivity contribution in [3.05, 3.63) is 35.9 Å². The van der Waals surface area contributed by atoms with Crippen LogP contribution in [0.4, 0.5) is 5.82 Å². The third-order valence-electron chi connectivity index (χ3n) is 5.44. The molecule has 0 aliphatic carbocycles. The van der Waals surface area contributed by atoms with E-state index in [0.717, 1.165) is 63.8 Å². The van der Waals surface area contributed by atoms with Gasteiger partial charge in [-0.15, -0.1) is 0 Å². The van der Waals surface area contributed by atoms with Gasteiger partial charge in [0, 0.05) is 43.6 Å². The molecule has 0 amide bonds. The Kier molecular flexibility index (Phi) is 5.15. The first-order chi connectivity index (χ1) is 12.3. The molecule has 3 heterocycles. The first kappa shape index (κ1) is 16.8. The molecule has 0 radical (unpaired) electrons. The van der Waals surface area contributed by atoms with Crippen molar-refractivity contribution in [2.45, 2.75) is 19.4 Å². The summed E-state index contributed by atoms with van der Waals surface area (Å²) in [5.74, 6) is 1.56. The van der Waals surface area contributed by atoms with Gasteiger partial charge in [0.1, 0.15) is 5.82 Å². The minimum Gasteiger partial charge on any atom is -0.381 e. The summed E-state index contributed by atoms with van der Waals surface area (Å²) in [6.45, 7) is 8.49. The Hall–Kier alpha value is -1.69. The molecule has 2 atom stereocenters. The summed E-state index contributed by atoms with van der Waals surface area (Å²) in [6.07, 6.45) is 1.15. The van der Waals surface area contributed by atoms with Crippen molar-refractivity contribution >= 4 is 16.7 Å². The zero-order valence-corrected chi connectivity index (χ0v) is 14.9. The van der Waals surface area contributed by atoms with Gasteiger partial charge in [0.25, 0.3) is 0 Å². The van der Waals surface area contributed by atoms with E-state index in [1.54, 1.807) is 0 Å². The molecule has 0 bridgehead atoms. The Bertz CT molecular complexity index is 709. The number of hydrogen-bond acceptors (Lipinski definition) is 5. The molecule has 1 N–H and O–H groups in total. The van der Waals surface area contributed by atoms with Crippen LogP contribution < -0.4 is 5.32 Å². The van der Waals surface area contributed by atoms with Gasteiger partial charge < -0.3 is 14.8 Å². The molecule has 1 aromatic carbocycles. The lowest BCUT2D eigenvalue weighted by Gasteiger charge is -2.37. The summed E-state index contributed by atoms with van der Waals surface area (Å²) in [4.78, 5) is 7.35. The molecule has 2 fully saturated rings. The molecule has 5 heteroatoms. The van der Waals surface area contributed by atoms with Crippen LogP contribution in [0.1, 0.15) is 12.0 Å². The van der Waals surface area contributed by atoms with E-state index in [1.807, 2.05) is 6.07 Å². The number of hydrogen-bond donors (Lipinski definition) is 1. The molecule has 2 aromatic rings. The number of benzene rings is 1. The van der Waals surface area contributed by atoms with Crippen LogP contribution in [0.15, 0.2) is 30.3 Å². The highest BCUT2D eigenvalue weighted by atomic mass is 16.5. The third-order valence-corrected chi connectivity index (χ3v) is 5.44.